The fourth-order valence-electron chi connectivity index (χ4n) is 3.44. The zero-order chi connectivity index (χ0) is 22.0. The second-order valence-electron chi connectivity index (χ2n) is 6.89. The number of pyridine rings is 1. The Morgan fingerprint density at radius 1 is 0.935 bits per heavy atom. The van der Waals surface area contributed by atoms with E-state index in [0.717, 1.165) is 5.39 Å². The minimum atomic E-state index is -0.811. The Morgan fingerprint density at radius 3 is 2.39 bits per heavy atom. The lowest BCUT2D eigenvalue weighted by molar-refractivity contribution is 0.0524. The summed E-state index contributed by atoms with van der Waals surface area (Å²) in [6.45, 7) is 1.73. The van der Waals surface area contributed by atoms with E-state index in [4.69, 9.17) is 4.74 Å². The molecule has 0 unspecified atom stereocenters. The molecule has 1 N–H and O–H groups in total. The number of phenols is 1. The van der Waals surface area contributed by atoms with Crippen LogP contribution in [0.5, 0.6) is 5.75 Å². The van der Waals surface area contributed by atoms with Gasteiger partial charge in [0.2, 0.25) is 0 Å². The van der Waals surface area contributed by atoms with Gasteiger partial charge in [0, 0.05) is 22.8 Å². The molecule has 6 nitrogen and oxygen atoms in total. The van der Waals surface area contributed by atoms with Crippen molar-refractivity contribution >= 4 is 22.5 Å². The first-order valence-corrected chi connectivity index (χ1v) is 9.76. The molecular weight excluding hydrogens is 394 g/mol. The molecule has 4 rings (SSSR count). The number of carbonyl (C=O) groups excluding carboxylic acids is 2. The monoisotopic (exact) mass is 413 g/mol. The molecule has 4 aromatic rings. The van der Waals surface area contributed by atoms with Crippen LogP contribution in [0.15, 0.2) is 83.8 Å². The average molecular weight is 413 g/mol. The Morgan fingerprint density at radius 2 is 1.65 bits per heavy atom. The van der Waals surface area contributed by atoms with Crippen LogP contribution in [0.2, 0.25) is 0 Å². The third-order valence-corrected chi connectivity index (χ3v) is 4.95. The number of hydrogen-bond donors (Lipinski definition) is 1. The molecule has 1 heterocycles. The number of ether oxygens (including phenoxy) is 1. The third-order valence-electron chi connectivity index (χ3n) is 4.95. The molecule has 154 valence electrons. The highest BCUT2D eigenvalue weighted by molar-refractivity contribution is 6.14. The van der Waals surface area contributed by atoms with Gasteiger partial charge in [-0.2, -0.15) is 0 Å². The van der Waals surface area contributed by atoms with Crippen LogP contribution in [0.3, 0.4) is 0 Å². The van der Waals surface area contributed by atoms with E-state index in [9.17, 15) is 19.5 Å². The molecule has 0 saturated carbocycles. The van der Waals surface area contributed by atoms with Gasteiger partial charge in [0.1, 0.15) is 11.3 Å². The molecule has 31 heavy (non-hydrogen) atoms. The second-order valence-corrected chi connectivity index (χ2v) is 6.89. The van der Waals surface area contributed by atoms with Crippen LogP contribution in [0, 0.1) is 0 Å². The summed E-state index contributed by atoms with van der Waals surface area (Å²) in [6, 6.07) is 20.3. The summed E-state index contributed by atoms with van der Waals surface area (Å²) in [5.74, 6) is -1.48. The van der Waals surface area contributed by atoms with Crippen molar-refractivity contribution in [3.8, 4) is 11.4 Å². The summed E-state index contributed by atoms with van der Waals surface area (Å²) in [5, 5.41) is 12.0. The number of nitrogens with zero attached hydrogens (tertiary/aromatic N) is 1. The maximum Gasteiger partial charge on any atom is 0.343 e. The second kappa shape index (κ2) is 8.28. The number of aromatic nitrogens is 1. The highest BCUT2D eigenvalue weighted by atomic mass is 16.5. The van der Waals surface area contributed by atoms with E-state index >= 15 is 0 Å². The van der Waals surface area contributed by atoms with Crippen molar-refractivity contribution in [2.75, 3.05) is 6.61 Å². The largest absolute Gasteiger partial charge is 0.507 e. The number of ketones is 1. The standard InChI is InChI=1S/C25H19NO5/c1-2-31-25(30)21-14-17(15-26(24(21)29)18-9-4-3-5-10-18)22(27)20-13-12-16-8-6-7-11-19(16)23(20)28/h3-15,28H,2H2,1H3. The molecule has 0 amide bonds. The van der Waals surface area contributed by atoms with Gasteiger partial charge in [-0.1, -0.05) is 48.5 Å². The number of carbonyl (C=O) groups is 2. The van der Waals surface area contributed by atoms with E-state index in [2.05, 4.69) is 0 Å². The fourth-order valence-corrected chi connectivity index (χ4v) is 3.44. The summed E-state index contributed by atoms with van der Waals surface area (Å²) < 4.78 is 6.24. The van der Waals surface area contributed by atoms with Crippen LogP contribution >= 0.6 is 0 Å². The lowest BCUT2D eigenvalue weighted by Crippen LogP contribution is -2.27. The molecule has 0 bridgehead atoms. The van der Waals surface area contributed by atoms with Crippen molar-refractivity contribution < 1.29 is 19.4 Å². The Bertz CT molecular complexity index is 1360. The van der Waals surface area contributed by atoms with Crippen LogP contribution < -0.4 is 5.56 Å². The Hall–Kier alpha value is -4.19. The van der Waals surface area contributed by atoms with Gasteiger partial charge in [-0.05, 0) is 36.6 Å². The molecule has 0 spiro atoms. The van der Waals surface area contributed by atoms with Gasteiger partial charge in [-0.3, -0.25) is 14.2 Å². The first-order valence-electron chi connectivity index (χ1n) is 9.76. The van der Waals surface area contributed by atoms with E-state index in [1.807, 2.05) is 12.1 Å². The van der Waals surface area contributed by atoms with Gasteiger partial charge in [0.15, 0.2) is 5.78 Å². The number of hydrogen-bond acceptors (Lipinski definition) is 5. The van der Waals surface area contributed by atoms with Crippen LogP contribution in [0.1, 0.15) is 33.2 Å². The number of esters is 1. The first kappa shape index (κ1) is 20.1. The summed E-state index contributed by atoms with van der Waals surface area (Å²) in [6.07, 6.45) is 1.37. The number of benzene rings is 3. The van der Waals surface area contributed by atoms with Gasteiger partial charge in [0.05, 0.1) is 12.2 Å². The SMILES string of the molecule is CCOC(=O)c1cc(C(=O)c2ccc3ccccc3c2O)cn(-c2ccccc2)c1=O. The van der Waals surface area contributed by atoms with Gasteiger partial charge >= 0.3 is 5.97 Å². The van der Waals surface area contributed by atoms with Gasteiger partial charge < -0.3 is 9.84 Å². The molecule has 3 aromatic carbocycles. The molecule has 0 radical (unpaired) electrons. The molecule has 0 aliphatic carbocycles. The zero-order valence-corrected chi connectivity index (χ0v) is 16.7. The average Bonchev–Trinajstić information content (AvgIpc) is 2.80. The Labute approximate surface area is 178 Å². The summed E-state index contributed by atoms with van der Waals surface area (Å²) >= 11 is 0. The van der Waals surface area contributed by atoms with Crippen LogP contribution in [-0.4, -0.2) is 28.0 Å². The summed E-state index contributed by atoms with van der Waals surface area (Å²) in [5.41, 5.74) is -0.194. The molecule has 0 saturated heterocycles. The molecule has 0 atom stereocenters. The first-order chi connectivity index (χ1) is 15.0. The van der Waals surface area contributed by atoms with Crippen LogP contribution in [0.25, 0.3) is 16.5 Å². The lowest BCUT2D eigenvalue weighted by Gasteiger charge is -2.12. The predicted molar refractivity (Wildman–Crippen MR) is 117 cm³/mol. The minimum Gasteiger partial charge on any atom is -0.507 e. The summed E-state index contributed by atoms with van der Waals surface area (Å²) in [7, 11) is 0. The molecule has 6 heteroatoms. The third kappa shape index (κ3) is 3.71. The number of fused-ring (bicyclic) bond motifs is 1. The minimum absolute atomic E-state index is 0.0757. The highest BCUT2D eigenvalue weighted by Crippen LogP contribution is 2.30. The maximum absolute atomic E-state index is 13.3. The Kier molecular flexibility index (Phi) is 5.37. The van der Waals surface area contributed by atoms with Gasteiger partial charge in [-0.15, -0.1) is 0 Å². The van der Waals surface area contributed by atoms with Crippen molar-refractivity contribution in [1.82, 2.24) is 4.57 Å². The van der Waals surface area contributed by atoms with Crippen molar-refractivity contribution in [2.24, 2.45) is 0 Å². The molecule has 1 aromatic heterocycles. The number of para-hydroxylation sites is 1. The smallest absolute Gasteiger partial charge is 0.343 e. The Balaban J connectivity index is 1.91. The zero-order valence-electron chi connectivity index (χ0n) is 16.7. The maximum atomic E-state index is 13.3. The van der Waals surface area contributed by atoms with Crippen LogP contribution in [0.4, 0.5) is 0 Å². The van der Waals surface area contributed by atoms with Crippen LogP contribution in [-0.2, 0) is 4.74 Å². The molecule has 0 aliphatic heterocycles. The van der Waals surface area contributed by atoms with Crippen molar-refractivity contribution in [3.63, 3.8) is 0 Å². The molecular formula is C25H19NO5. The fraction of sp³-hybridized carbons (Fsp3) is 0.0800. The topological polar surface area (TPSA) is 85.6 Å². The van der Waals surface area contributed by atoms with E-state index in [1.54, 1.807) is 55.5 Å². The number of phenolic OH excluding ortho intramolecular Hbond substituents is 1. The summed E-state index contributed by atoms with van der Waals surface area (Å²) in [4.78, 5) is 38.7. The van der Waals surface area contributed by atoms with Gasteiger partial charge in [-0.25, -0.2) is 4.79 Å². The van der Waals surface area contributed by atoms with E-state index < -0.39 is 17.3 Å². The van der Waals surface area contributed by atoms with E-state index in [1.165, 1.54) is 22.9 Å². The van der Waals surface area contributed by atoms with Crippen molar-refractivity contribution in [1.29, 1.82) is 0 Å². The quantitative estimate of drug-likeness (QED) is 0.393. The molecule has 0 aliphatic rings. The predicted octanol–water partition coefficient (Wildman–Crippen LogP) is 4.10. The lowest BCUT2D eigenvalue weighted by atomic mass is 9.98. The van der Waals surface area contributed by atoms with E-state index in [-0.39, 0.29) is 29.0 Å². The van der Waals surface area contributed by atoms with E-state index in [0.29, 0.717) is 11.1 Å². The van der Waals surface area contributed by atoms with Crippen molar-refractivity contribution in [3.05, 3.63) is 106 Å². The highest BCUT2D eigenvalue weighted by Gasteiger charge is 2.22. The van der Waals surface area contributed by atoms with Gasteiger partial charge in [0.25, 0.3) is 5.56 Å². The molecule has 0 fully saturated rings. The number of rotatable bonds is 5. The number of aromatic hydroxyl groups is 1. The normalized spacial score (nSPS) is 10.7. The van der Waals surface area contributed by atoms with Crippen molar-refractivity contribution in [2.45, 2.75) is 6.92 Å².